The molecule has 1 unspecified atom stereocenters. The average molecular weight is 201 g/mol. The van der Waals surface area contributed by atoms with Crippen molar-refractivity contribution in [2.75, 3.05) is 26.8 Å². The van der Waals surface area contributed by atoms with Crippen LogP contribution in [-0.4, -0.2) is 48.3 Å². The van der Waals surface area contributed by atoms with Gasteiger partial charge in [-0.05, 0) is 32.7 Å². The molecular formula is C10H19NO3. The fourth-order valence-corrected chi connectivity index (χ4v) is 1.98. The van der Waals surface area contributed by atoms with Gasteiger partial charge in [-0.15, -0.1) is 0 Å². The summed E-state index contributed by atoms with van der Waals surface area (Å²) in [5.41, 5.74) is -0.684. The summed E-state index contributed by atoms with van der Waals surface area (Å²) in [4.78, 5) is 13.2. The van der Waals surface area contributed by atoms with Gasteiger partial charge in [-0.25, -0.2) is 0 Å². The summed E-state index contributed by atoms with van der Waals surface area (Å²) in [5.74, 6) is -0.715. The number of carboxylic acid groups (broad SMARTS) is 1. The molecule has 0 bridgehead atoms. The smallest absolute Gasteiger partial charge is 0.323 e. The van der Waals surface area contributed by atoms with Crippen molar-refractivity contribution in [3.63, 3.8) is 0 Å². The monoisotopic (exact) mass is 201 g/mol. The molecule has 1 atom stereocenters. The number of rotatable bonds is 4. The Morgan fingerprint density at radius 1 is 1.57 bits per heavy atom. The van der Waals surface area contributed by atoms with E-state index in [-0.39, 0.29) is 0 Å². The Hall–Kier alpha value is -0.610. The number of piperidine rings is 1. The summed E-state index contributed by atoms with van der Waals surface area (Å²) in [7, 11) is 1.64. The zero-order valence-corrected chi connectivity index (χ0v) is 8.95. The van der Waals surface area contributed by atoms with Gasteiger partial charge in [0.25, 0.3) is 0 Å². The number of ether oxygens (including phenoxy) is 1. The maximum absolute atomic E-state index is 11.2. The van der Waals surface area contributed by atoms with Gasteiger partial charge in [0.05, 0.1) is 6.61 Å². The minimum absolute atomic E-state index is 0.600. The van der Waals surface area contributed by atoms with E-state index in [9.17, 15) is 9.90 Å². The molecule has 82 valence electrons. The molecule has 0 spiro atoms. The van der Waals surface area contributed by atoms with E-state index in [4.69, 9.17) is 4.74 Å². The molecule has 0 aromatic heterocycles. The van der Waals surface area contributed by atoms with E-state index in [1.807, 2.05) is 11.8 Å². The fraction of sp³-hybridized carbons (Fsp3) is 0.900. The number of aliphatic carboxylic acids is 1. The van der Waals surface area contributed by atoms with E-state index in [1.54, 1.807) is 7.11 Å². The number of hydrogen-bond acceptors (Lipinski definition) is 3. The van der Waals surface area contributed by atoms with Crippen LogP contribution in [0, 0.1) is 0 Å². The van der Waals surface area contributed by atoms with Gasteiger partial charge in [0.15, 0.2) is 0 Å². The zero-order chi connectivity index (χ0) is 10.6. The molecule has 0 amide bonds. The number of carbonyl (C=O) groups is 1. The van der Waals surface area contributed by atoms with Crippen molar-refractivity contribution in [1.82, 2.24) is 4.90 Å². The van der Waals surface area contributed by atoms with Crippen LogP contribution >= 0.6 is 0 Å². The Bertz CT molecular complexity index is 208. The van der Waals surface area contributed by atoms with Crippen LogP contribution in [0.5, 0.6) is 0 Å². The second kappa shape index (κ2) is 4.75. The predicted octanol–water partition coefficient (Wildman–Crippen LogP) is 0.962. The van der Waals surface area contributed by atoms with Crippen LogP contribution in [0.3, 0.4) is 0 Å². The Kier molecular flexibility index (Phi) is 3.89. The number of hydrogen-bond donors (Lipinski definition) is 1. The summed E-state index contributed by atoms with van der Waals surface area (Å²) in [6.45, 7) is 3.98. The lowest BCUT2D eigenvalue weighted by atomic mass is 9.88. The molecule has 4 heteroatoms. The summed E-state index contributed by atoms with van der Waals surface area (Å²) in [5, 5.41) is 9.18. The third kappa shape index (κ3) is 2.25. The molecular weight excluding hydrogens is 182 g/mol. The van der Waals surface area contributed by atoms with E-state index >= 15 is 0 Å². The highest BCUT2D eigenvalue weighted by Crippen LogP contribution is 2.27. The van der Waals surface area contributed by atoms with Crippen molar-refractivity contribution in [2.24, 2.45) is 0 Å². The topological polar surface area (TPSA) is 49.8 Å². The molecule has 14 heavy (non-hydrogen) atoms. The number of carboxylic acids is 1. The molecule has 1 aliphatic heterocycles. The fourth-order valence-electron chi connectivity index (χ4n) is 1.98. The lowest BCUT2D eigenvalue weighted by Crippen LogP contribution is -2.55. The van der Waals surface area contributed by atoms with Crippen molar-refractivity contribution < 1.29 is 14.6 Å². The maximum Gasteiger partial charge on any atom is 0.323 e. The number of methoxy groups -OCH3 is 1. The van der Waals surface area contributed by atoms with Crippen LogP contribution in [0.1, 0.15) is 26.2 Å². The first-order valence-corrected chi connectivity index (χ1v) is 5.08. The van der Waals surface area contributed by atoms with Crippen molar-refractivity contribution in [3.8, 4) is 0 Å². The van der Waals surface area contributed by atoms with Gasteiger partial charge in [0.2, 0.25) is 0 Å². The van der Waals surface area contributed by atoms with Gasteiger partial charge in [-0.1, -0.05) is 0 Å². The molecule has 1 heterocycles. The molecule has 0 aliphatic carbocycles. The van der Waals surface area contributed by atoms with Gasteiger partial charge in [0.1, 0.15) is 5.54 Å². The van der Waals surface area contributed by atoms with Gasteiger partial charge >= 0.3 is 5.97 Å². The van der Waals surface area contributed by atoms with Gasteiger partial charge in [0, 0.05) is 13.7 Å². The highest BCUT2D eigenvalue weighted by Gasteiger charge is 2.40. The first-order chi connectivity index (χ1) is 6.61. The lowest BCUT2D eigenvalue weighted by Gasteiger charge is -2.41. The van der Waals surface area contributed by atoms with Crippen molar-refractivity contribution >= 4 is 5.97 Å². The Morgan fingerprint density at radius 2 is 2.29 bits per heavy atom. The molecule has 1 rings (SSSR count). The molecule has 1 N–H and O–H groups in total. The summed E-state index contributed by atoms with van der Waals surface area (Å²) in [6, 6.07) is 0. The largest absolute Gasteiger partial charge is 0.480 e. The van der Waals surface area contributed by atoms with Crippen molar-refractivity contribution in [1.29, 1.82) is 0 Å². The minimum Gasteiger partial charge on any atom is -0.480 e. The van der Waals surface area contributed by atoms with Crippen molar-refractivity contribution in [3.05, 3.63) is 0 Å². The van der Waals surface area contributed by atoms with Crippen LogP contribution in [0.25, 0.3) is 0 Å². The number of likely N-dealkylation sites (tertiary alicyclic amines) is 1. The quantitative estimate of drug-likeness (QED) is 0.736. The van der Waals surface area contributed by atoms with E-state index in [0.29, 0.717) is 13.2 Å². The van der Waals surface area contributed by atoms with Crippen LogP contribution in [-0.2, 0) is 9.53 Å². The van der Waals surface area contributed by atoms with E-state index in [1.165, 1.54) is 0 Å². The summed E-state index contributed by atoms with van der Waals surface area (Å²) < 4.78 is 4.98. The third-order valence-corrected chi connectivity index (χ3v) is 3.07. The van der Waals surface area contributed by atoms with E-state index in [0.717, 1.165) is 25.8 Å². The zero-order valence-electron chi connectivity index (χ0n) is 8.95. The summed E-state index contributed by atoms with van der Waals surface area (Å²) in [6.07, 6.45) is 2.84. The van der Waals surface area contributed by atoms with Crippen LogP contribution < -0.4 is 0 Å². The Labute approximate surface area is 84.8 Å². The average Bonchev–Trinajstić information content (AvgIpc) is 2.16. The minimum atomic E-state index is -0.715. The molecule has 1 saturated heterocycles. The second-order valence-corrected chi connectivity index (χ2v) is 4.02. The molecule has 1 aliphatic rings. The molecule has 0 aromatic carbocycles. The van der Waals surface area contributed by atoms with Crippen LogP contribution in [0.4, 0.5) is 0 Å². The van der Waals surface area contributed by atoms with Crippen LogP contribution in [0.15, 0.2) is 0 Å². The first kappa shape index (κ1) is 11.5. The van der Waals surface area contributed by atoms with Crippen LogP contribution in [0.2, 0.25) is 0 Å². The molecule has 4 nitrogen and oxygen atoms in total. The molecule has 1 fully saturated rings. The standard InChI is InChI=1S/C10H19NO3/c1-10(9(12)13)5-3-4-6-11(10)7-8-14-2/h3-8H2,1-2H3,(H,12,13). The van der Waals surface area contributed by atoms with Gasteiger partial charge in [-0.3, -0.25) is 9.69 Å². The summed E-state index contributed by atoms with van der Waals surface area (Å²) >= 11 is 0. The predicted molar refractivity (Wildman–Crippen MR) is 53.3 cm³/mol. The SMILES string of the molecule is COCCN1CCCCC1(C)C(=O)O. The maximum atomic E-state index is 11.2. The Balaban J connectivity index is 2.63. The van der Waals surface area contributed by atoms with Crippen molar-refractivity contribution in [2.45, 2.75) is 31.7 Å². The molecule has 0 radical (unpaired) electrons. The third-order valence-electron chi connectivity index (χ3n) is 3.07. The lowest BCUT2D eigenvalue weighted by molar-refractivity contribution is -0.153. The van der Waals surface area contributed by atoms with E-state index < -0.39 is 11.5 Å². The van der Waals surface area contributed by atoms with E-state index in [2.05, 4.69) is 0 Å². The second-order valence-electron chi connectivity index (χ2n) is 4.02. The Morgan fingerprint density at radius 3 is 2.86 bits per heavy atom. The highest BCUT2D eigenvalue weighted by molar-refractivity contribution is 5.78. The normalized spacial score (nSPS) is 29.0. The first-order valence-electron chi connectivity index (χ1n) is 5.08. The van der Waals surface area contributed by atoms with Gasteiger partial charge in [-0.2, -0.15) is 0 Å². The highest BCUT2D eigenvalue weighted by atomic mass is 16.5. The van der Waals surface area contributed by atoms with Gasteiger partial charge < -0.3 is 9.84 Å². The number of nitrogens with zero attached hydrogens (tertiary/aromatic N) is 1. The molecule has 0 aromatic rings. The molecule has 0 saturated carbocycles.